The Kier molecular flexibility index (Phi) is 5.45. The molecule has 0 atom stereocenters. The van der Waals surface area contributed by atoms with Gasteiger partial charge in [0.25, 0.3) is 0 Å². The Morgan fingerprint density at radius 2 is 1.81 bits per heavy atom. The van der Waals surface area contributed by atoms with E-state index in [0.717, 1.165) is 51.6 Å². The van der Waals surface area contributed by atoms with E-state index in [1.54, 1.807) is 0 Å². The molecule has 1 aliphatic heterocycles. The molecule has 2 fully saturated rings. The van der Waals surface area contributed by atoms with E-state index < -0.39 is 5.41 Å². The largest absolute Gasteiger partial charge is 0.409 e. The van der Waals surface area contributed by atoms with Crippen molar-refractivity contribution in [3.05, 3.63) is 0 Å². The standard InChI is InChI=1S/C15H28N4O2/c1-19-10-6-12(7-11-19)17-14(20)15(13(16)18-21)8-4-2-3-5-9-15/h12,21H,2-11H2,1H3,(H2,16,18)(H,17,20). The summed E-state index contributed by atoms with van der Waals surface area (Å²) in [5.41, 5.74) is 5.10. The molecule has 1 saturated carbocycles. The van der Waals surface area contributed by atoms with Gasteiger partial charge in [0.1, 0.15) is 5.41 Å². The van der Waals surface area contributed by atoms with Gasteiger partial charge in [-0.05, 0) is 45.8 Å². The van der Waals surface area contributed by atoms with E-state index in [4.69, 9.17) is 10.9 Å². The maximum absolute atomic E-state index is 12.8. The van der Waals surface area contributed by atoms with Crippen molar-refractivity contribution in [3.63, 3.8) is 0 Å². The van der Waals surface area contributed by atoms with Crippen LogP contribution in [0.1, 0.15) is 51.4 Å². The lowest BCUT2D eigenvalue weighted by Gasteiger charge is -2.35. The number of nitrogens with zero attached hydrogens (tertiary/aromatic N) is 2. The highest BCUT2D eigenvalue weighted by Crippen LogP contribution is 2.36. The highest BCUT2D eigenvalue weighted by atomic mass is 16.4. The zero-order chi connectivity index (χ0) is 15.3. The van der Waals surface area contributed by atoms with Gasteiger partial charge in [-0.1, -0.05) is 30.8 Å². The molecular formula is C15H28N4O2. The van der Waals surface area contributed by atoms with Gasteiger partial charge >= 0.3 is 0 Å². The van der Waals surface area contributed by atoms with Gasteiger partial charge in [-0.2, -0.15) is 0 Å². The minimum atomic E-state index is -0.811. The molecule has 0 unspecified atom stereocenters. The second-order valence-corrected chi connectivity index (χ2v) is 6.53. The summed E-state index contributed by atoms with van der Waals surface area (Å²) in [5.74, 6) is 0.0316. The molecular weight excluding hydrogens is 268 g/mol. The van der Waals surface area contributed by atoms with Gasteiger partial charge in [0, 0.05) is 6.04 Å². The third-order valence-corrected chi connectivity index (χ3v) is 5.04. The summed E-state index contributed by atoms with van der Waals surface area (Å²) < 4.78 is 0. The van der Waals surface area contributed by atoms with E-state index in [0.29, 0.717) is 12.8 Å². The van der Waals surface area contributed by atoms with Gasteiger partial charge < -0.3 is 21.2 Å². The summed E-state index contributed by atoms with van der Waals surface area (Å²) in [6, 6.07) is 0.209. The number of rotatable bonds is 3. The van der Waals surface area contributed by atoms with Crippen LogP contribution < -0.4 is 11.1 Å². The van der Waals surface area contributed by atoms with Crippen LogP contribution in [0.25, 0.3) is 0 Å². The third-order valence-electron chi connectivity index (χ3n) is 5.04. The Morgan fingerprint density at radius 3 is 2.33 bits per heavy atom. The Morgan fingerprint density at radius 1 is 1.24 bits per heavy atom. The predicted molar refractivity (Wildman–Crippen MR) is 82.2 cm³/mol. The number of piperidine rings is 1. The average molecular weight is 296 g/mol. The number of nitrogens with one attached hydrogen (secondary N) is 1. The molecule has 1 amide bonds. The lowest BCUT2D eigenvalue weighted by Crippen LogP contribution is -2.54. The molecule has 6 heteroatoms. The fraction of sp³-hybridized carbons (Fsp3) is 0.867. The number of amides is 1. The monoisotopic (exact) mass is 296 g/mol. The van der Waals surface area contributed by atoms with Crippen molar-refractivity contribution in [2.75, 3.05) is 20.1 Å². The molecule has 0 aromatic carbocycles. The van der Waals surface area contributed by atoms with E-state index in [-0.39, 0.29) is 17.8 Å². The highest BCUT2D eigenvalue weighted by molar-refractivity contribution is 6.06. The number of hydrogen-bond donors (Lipinski definition) is 3. The van der Waals surface area contributed by atoms with Crippen LogP contribution in [0.15, 0.2) is 5.16 Å². The van der Waals surface area contributed by atoms with Gasteiger partial charge in [-0.15, -0.1) is 0 Å². The maximum atomic E-state index is 12.8. The minimum Gasteiger partial charge on any atom is -0.409 e. The van der Waals surface area contributed by atoms with E-state index in [1.165, 1.54) is 0 Å². The minimum absolute atomic E-state index is 0.0470. The summed E-state index contributed by atoms with van der Waals surface area (Å²) in [5, 5.41) is 15.4. The van der Waals surface area contributed by atoms with Crippen molar-refractivity contribution >= 4 is 11.7 Å². The molecule has 120 valence electrons. The van der Waals surface area contributed by atoms with E-state index >= 15 is 0 Å². The number of carbonyl (C=O) groups excluding carboxylic acids is 1. The van der Waals surface area contributed by atoms with Gasteiger partial charge in [0.05, 0.1) is 0 Å². The fourth-order valence-electron chi connectivity index (χ4n) is 3.50. The van der Waals surface area contributed by atoms with Crippen molar-refractivity contribution in [2.24, 2.45) is 16.3 Å². The lowest BCUT2D eigenvalue weighted by molar-refractivity contribution is -0.129. The second kappa shape index (κ2) is 7.11. The lowest BCUT2D eigenvalue weighted by atomic mass is 9.78. The van der Waals surface area contributed by atoms with Crippen molar-refractivity contribution in [3.8, 4) is 0 Å². The molecule has 2 rings (SSSR count). The normalized spacial score (nSPS) is 25.3. The topological polar surface area (TPSA) is 91.0 Å². The summed E-state index contributed by atoms with van der Waals surface area (Å²) in [4.78, 5) is 15.1. The number of oxime groups is 1. The van der Waals surface area contributed by atoms with Gasteiger partial charge in [0.2, 0.25) is 5.91 Å². The van der Waals surface area contributed by atoms with Gasteiger partial charge in [-0.25, -0.2) is 0 Å². The summed E-state index contributed by atoms with van der Waals surface area (Å²) in [6.45, 7) is 2.00. The summed E-state index contributed by atoms with van der Waals surface area (Å²) in [6.07, 6.45) is 7.43. The average Bonchev–Trinajstić information content (AvgIpc) is 2.75. The number of carbonyl (C=O) groups is 1. The number of amidine groups is 1. The molecule has 0 bridgehead atoms. The van der Waals surface area contributed by atoms with Crippen molar-refractivity contribution in [1.29, 1.82) is 0 Å². The predicted octanol–water partition coefficient (Wildman–Crippen LogP) is 1.28. The SMILES string of the molecule is CN1CCC(NC(=O)C2(C(N)=NO)CCCCCC2)CC1. The van der Waals surface area contributed by atoms with Crippen LogP contribution >= 0.6 is 0 Å². The first kappa shape index (κ1) is 16.1. The van der Waals surface area contributed by atoms with E-state index in [1.807, 2.05) is 0 Å². The van der Waals surface area contributed by atoms with Crippen LogP contribution in [-0.2, 0) is 4.79 Å². The first-order chi connectivity index (χ1) is 10.1. The zero-order valence-electron chi connectivity index (χ0n) is 13.0. The van der Waals surface area contributed by atoms with Crippen LogP contribution in [-0.4, -0.2) is 48.0 Å². The molecule has 1 aliphatic carbocycles. The molecule has 0 radical (unpaired) electrons. The number of likely N-dealkylation sites (tertiary alicyclic amines) is 1. The van der Waals surface area contributed by atoms with Crippen molar-refractivity contribution in [1.82, 2.24) is 10.2 Å². The van der Waals surface area contributed by atoms with Crippen LogP contribution in [0.4, 0.5) is 0 Å². The third kappa shape index (κ3) is 3.67. The first-order valence-corrected chi connectivity index (χ1v) is 8.06. The Labute approximate surface area is 126 Å². The Bertz CT molecular complexity index is 381. The molecule has 1 saturated heterocycles. The Hall–Kier alpha value is -1.30. The highest BCUT2D eigenvalue weighted by Gasteiger charge is 2.43. The second-order valence-electron chi connectivity index (χ2n) is 6.53. The quantitative estimate of drug-likeness (QED) is 0.241. The van der Waals surface area contributed by atoms with Crippen molar-refractivity contribution < 1.29 is 10.0 Å². The van der Waals surface area contributed by atoms with Crippen LogP contribution in [0.3, 0.4) is 0 Å². The van der Waals surface area contributed by atoms with Crippen LogP contribution in [0.2, 0.25) is 0 Å². The van der Waals surface area contributed by atoms with Crippen molar-refractivity contribution in [2.45, 2.75) is 57.4 Å². The van der Waals surface area contributed by atoms with Gasteiger partial charge in [0.15, 0.2) is 5.84 Å². The number of hydrogen-bond acceptors (Lipinski definition) is 4. The molecule has 21 heavy (non-hydrogen) atoms. The number of nitrogens with two attached hydrogens (primary N) is 1. The van der Waals surface area contributed by atoms with E-state index in [2.05, 4.69) is 22.4 Å². The molecule has 6 nitrogen and oxygen atoms in total. The summed E-state index contributed by atoms with van der Waals surface area (Å²) in [7, 11) is 2.10. The Balaban J connectivity index is 2.07. The molecule has 2 aliphatic rings. The molecule has 4 N–H and O–H groups in total. The van der Waals surface area contributed by atoms with Gasteiger partial charge in [-0.3, -0.25) is 4.79 Å². The van der Waals surface area contributed by atoms with E-state index in [9.17, 15) is 4.79 Å². The molecule has 0 spiro atoms. The molecule has 0 aromatic heterocycles. The van der Waals surface area contributed by atoms with Crippen LogP contribution in [0, 0.1) is 5.41 Å². The maximum Gasteiger partial charge on any atom is 0.234 e. The fourth-order valence-corrected chi connectivity index (χ4v) is 3.50. The molecule has 1 heterocycles. The summed E-state index contributed by atoms with van der Waals surface area (Å²) >= 11 is 0. The van der Waals surface area contributed by atoms with Crippen LogP contribution in [0.5, 0.6) is 0 Å². The first-order valence-electron chi connectivity index (χ1n) is 8.06. The zero-order valence-corrected chi connectivity index (χ0v) is 13.0. The smallest absolute Gasteiger partial charge is 0.234 e. The molecule has 0 aromatic rings.